The molecule has 0 fully saturated rings. The maximum atomic E-state index is 10.7. The second kappa shape index (κ2) is 6.13. The molecule has 110 valence electrons. The zero-order valence-corrected chi connectivity index (χ0v) is 12.2. The number of ether oxygens (including phenoxy) is 2. The number of carbonyl (C=O) groups is 1. The van der Waals surface area contributed by atoms with Gasteiger partial charge in [0.05, 0.1) is 13.2 Å². The van der Waals surface area contributed by atoms with Crippen molar-refractivity contribution >= 4 is 5.97 Å². The number of nitrogens with zero attached hydrogens (tertiary/aromatic N) is 1. The van der Waals surface area contributed by atoms with Gasteiger partial charge in [-0.1, -0.05) is 0 Å². The first-order valence-electron chi connectivity index (χ1n) is 6.85. The van der Waals surface area contributed by atoms with Crippen LogP contribution in [0.15, 0.2) is 12.1 Å². The van der Waals surface area contributed by atoms with Crippen LogP contribution in [-0.2, 0) is 17.8 Å². The first kappa shape index (κ1) is 14.7. The van der Waals surface area contributed by atoms with Gasteiger partial charge >= 0.3 is 5.97 Å². The fraction of sp³-hybridized carbons (Fsp3) is 0.533. The van der Waals surface area contributed by atoms with Crippen molar-refractivity contribution in [2.75, 3.05) is 20.2 Å². The van der Waals surface area contributed by atoms with Crippen LogP contribution < -0.4 is 9.47 Å². The van der Waals surface area contributed by atoms with E-state index in [9.17, 15) is 4.79 Å². The Hall–Kier alpha value is -1.75. The van der Waals surface area contributed by atoms with E-state index in [0.29, 0.717) is 13.2 Å². The van der Waals surface area contributed by atoms with Gasteiger partial charge in [0.15, 0.2) is 0 Å². The van der Waals surface area contributed by atoms with Gasteiger partial charge in [0.1, 0.15) is 17.6 Å². The predicted octanol–water partition coefficient (Wildman–Crippen LogP) is 1.93. The number of hydrogen-bond acceptors (Lipinski definition) is 4. The summed E-state index contributed by atoms with van der Waals surface area (Å²) in [5, 5.41) is 8.83. The zero-order valence-electron chi connectivity index (χ0n) is 12.2. The van der Waals surface area contributed by atoms with Crippen LogP contribution in [0, 0.1) is 0 Å². The molecule has 0 saturated carbocycles. The monoisotopic (exact) mass is 279 g/mol. The fourth-order valence-corrected chi connectivity index (χ4v) is 2.47. The van der Waals surface area contributed by atoms with E-state index in [1.54, 1.807) is 11.9 Å². The molecule has 1 atom stereocenters. The van der Waals surface area contributed by atoms with Crippen molar-refractivity contribution in [2.24, 2.45) is 0 Å². The average molecular weight is 279 g/mol. The lowest BCUT2D eigenvalue weighted by Gasteiger charge is -2.18. The average Bonchev–Trinajstić information content (AvgIpc) is 2.68. The Balaban J connectivity index is 2.22. The standard InChI is InChI=1S/C15H21NO4/c1-4-19-13-6-11-5-10(2)20-14(11)7-12(13)8-16(3)9-15(17)18/h6-7,10H,4-5,8-9H2,1-3H3,(H,17,18)/t10-/m0/s1. The third kappa shape index (κ3) is 3.42. The van der Waals surface area contributed by atoms with E-state index in [1.807, 2.05) is 26.0 Å². The molecule has 0 radical (unpaired) electrons. The van der Waals surface area contributed by atoms with E-state index in [-0.39, 0.29) is 12.6 Å². The Bertz CT molecular complexity index is 501. The van der Waals surface area contributed by atoms with Crippen LogP contribution in [0.5, 0.6) is 11.5 Å². The molecule has 2 rings (SSSR count). The van der Waals surface area contributed by atoms with Crippen LogP contribution in [0.25, 0.3) is 0 Å². The molecule has 0 aromatic heterocycles. The lowest BCUT2D eigenvalue weighted by Crippen LogP contribution is -2.25. The van der Waals surface area contributed by atoms with Crippen LogP contribution in [0.1, 0.15) is 25.0 Å². The minimum atomic E-state index is -0.837. The summed E-state index contributed by atoms with van der Waals surface area (Å²) in [4.78, 5) is 12.5. The van der Waals surface area contributed by atoms with Crippen molar-refractivity contribution in [2.45, 2.75) is 32.9 Å². The van der Waals surface area contributed by atoms with Crippen molar-refractivity contribution in [3.63, 3.8) is 0 Å². The first-order chi connectivity index (χ1) is 9.49. The van der Waals surface area contributed by atoms with Crippen LogP contribution in [0.2, 0.25) is 0 Å². The molecule has 1 N–H and O–H groups in total. The van der Waals surface area contributed by atoms with Gasteiger partial charge in [-0.25, -0.2) is 0 Å². The molecule has 1 heterocycles. The molecule has 0 unspecified atom stereocenters. The molecule has 0 saturated heterocycles. The summed E-state index contributed by atoms with van der Waals surface area (Å²) in [5.41, 5.74) is 2.12. The molecule has 1 aromatic carbocycles. The van der Waals surface area contributed by atoms with E-state index in [2.05, 4.69) is 0 Å². The molecule has 0 spiro atoms. The number of benzene rings is 1. The fourth-order valence-electron chi connectivity index (χ4n) is 2.47. The molecule has 5 heteroatoms. The van der Waals surface area contributed by atoms with Gasteiger partial charge in [-0.05, 0) is 33.0 Å². The van der Waals surface area contributed by atoms with Gasteiger partial charge in [-0.2, -0.15) is 0 Å². The summed E-state index contributed by atoms with van der Waals surface area (Å²) in [7, 11) is 1.78. The molecule has 0 amide bonds. The van der Waals surface area contributed by atoms with Crippen LogP contribution in [0.4, 0.5) is 0 Å². The summed E-state index contributed by atoms with van der Waals surface area (Å²) in [6.45, 7) is 5.09. The normalized spacial score (nSPS) is 16.9. The van der Waals surface area contributed by atoms with Crippen LogP contribution >= 0.6 is 0 Å². The summed E-state index contributed by atoms with van der Waals surface area (Å²) in [5.74, 6) is 0.873. The molecule has 0 bridgehead atoms. The summed E-state index contributed by atoms with van der Waals surface area (Å²) < 4.78 is 11.4. The maximum Gasteiger partial charge on any atom is 0.317 e. The topological polar surface area (TPSA) is 59.0 Å². The van der Waals surface area contributed by atoms with Crippen LogP contribution in [-0.4, -0.2) is 42.3 Å². The second-order valence-electron chi connectivity index (χ2n) is 5.20. The van der Waals surface area contributed by atoms with Gasteiger partial charge in [0, 0.05) is 24.1 Å². The predicted molar refractivity (Wildman–Crippen MR) is 75.4 cm³/mol. The highest BCUT2D eigenvalue weighted by Crippen LogP contribution is 2.35. The van der Waals surface area contributed by atoms with Crippen molar-refractivity contribution in [1.29, 1.82) is 0 Å². The maximum absolute atomic E-state index is 10.7. The second-order valence-corrected chi connectivity index (χ2v) is 5.20. The van der Waals surface area contributed by atoms with Gasteiger partial charge in [-0.3, -0.25) is 9.69 Å². The third-order valence-electron chi connectivity index (χ3n) is 3.22. The molecule has 20 heavy (non-hydrogen) atoms. The van der Waals surface area contributed by atoms with Crippen molar-refractivity contribution < 1.29 is 19.4 Å². The number of likely N-dealkylation sites (N-methyl/N-ethyl adjacent to an activating group) is 1. The Morgan fingerprint density at radius 2 is 2.30 bits per heavy atom. The molecule has 1 aromatic rings. The lowest BCUT2D eigenvalue weighted by atomic mass is 10.1. The SMILES string of the molecule is CCOc1cc2c(cc1CN(C)CC(=O)O)O[C@@H](C)C2. The van der Waals surface area contributed by atoms with Crippen molar-refractivity contribution in [1.82, 2.24) is 4.90 Å². The first-order valence-corrected chi connectivity index (χ1v) is 6.85. The molecule has 1 aliphatic rings. The number of carboxylic acids is 1. The van der Waals surface area contributed by atoms with E-state index in [1.165, 1.54) is 0 Å². The molecule has 5 nitrogen and oxygen atoms in total. The Labute approximate surface area is 119 Å². The molecular formula is C15H21NO4. The highest BCUT2D eigenvalue weighted by atomic mass is 16.5. The summed E-state index contributed by atoms with van der Waals surface area (Å²) in [6, 6.07) is 3.99. The number of hydrogen-bond donors (Lipinski definition) is 1. The zero-order chi connectivity index (χ0) is 14.7. The number of fused-ring (bicyclic) bond motifs is 1. The summed E-state index contributed by atoms with van der Waals surface area (Å²) in [6.07, 6.45) is 1.08. The minimum absolute atomic E-state index is 0.0000896. The Kier molecular flexibility index (Phi) is 4.49. The lowest BCUT2D eigenvalue weighted by molar-refractivity contribution is -0.138. The molecule has 1 aliphatic heterocycles. The third-order valence-corrected chi connectivity index (χ3v) is 3.22. The van der Waals surface area contributed by atoms with Gasteiger partial charge in [0.25, 0.3) is 0 Å². The van der Waals surface area contributed by atoms with Crippen LogP contribution in [0.3, 0.4) is 0 Å². The highest BCUT2D eigenvalue weighted by molar-refractivity contribution is 5.69. The van der Waals surface area contributed by atoms with Crippen molar-refractivity contribution in [3.05, 3.63) is 23.3 Å². The van der Waals surface area contributed by atoms with E-state index in [0.717, 1.165) is 29.0 Å². The number of aliphatic carboxylic acids is 1. The van der Waals surface area contributed by atoms with E-state index in [4.69, 9.17) is 14.6 Å². The summed E-state index contributed by atoms with van der Waals surface area (Å²) >= 11 is 0. The quantitative estimate of drug-likeness (QED) is 0.862. The van der Waals surface area contributed by atoms with Gasteiger partial charge < -0.3 is 14.6 Å². The minimum Gasteiger partial charge on any atom is -0.494 e. The molecular weight excluding hydrogens is 258 g/mol. The Morgan fingerprint density at radius 3 is 2.95 bits per heavy atom. The van der Waals surface area contributed by atoms with Gasteiger partial charge in [0.2, 0.25) is 0 Å². The number of rotatable bonds is 6. The largest absolute Gasteiger partial charge is 0.494 e. The molecule has 0 aliphatic carbocycles. The smallest absolute Gasteiger partial charge is 0.317 e. The Morgan fingerprint density at radius 1 is 1.55 bits per heavy atom. The van der Waals surface area contributed by atoms with E-state index >= 15 is 0 Å². The van der Waals surface area contributed by atoms with E-state index < -0.39 is 5.97 Å². The van der Waals surface area contributed by atoms with Crippen molar-refractivity contribution in [3.8, 4) is 11.5 Å². The van der Waals surface area contributed by atoms with Gasteiger partial charge in [-0.15, -0.1) is 0 Å². The number of carboxylic acid groups (broad SMARTS) is 1. The highest BCUT2D eigenvalue weighted by Gasteiger charge is 2.22.